The first kappa shape index (κ1) is 23.7. The number of nitrogens with one attached hydrogen (secondary N) is 2. The molecule has 9 heteroatoms. The highest BCUT2D eigenvalue weighted by Gasteiger charge is 2.39. The summed E-state index contributed by atoms with van der Waals surface area (Å²) in [6.45, 7) is 0.175. The van der Waals surface area contributed by atoms with Gasteiger partial charge >= 0.3 is 0 Å². The number of amides is 3. The minimum atomic E-state index is -0.355. The first-order chi connectivity index (χ1) is 16.4. The smallest absolute Gasteiger partial charge is 0.257 e. The quantitative estimate of drug-likeness (QED) is 0.677. The molecule has 2 N–H and O–H groups in total. The van der Waals surface area contributed by atoms with Crippen LogP contribution in [0, 0.1) is 0 Å². The van der Waals surface area contributed by atoms with Crippen LogP contribution in [0.25, 0.3) is 0 Å². The normalized spacial score (nSPS) is 21.9. The number of benzene rings is 2. The maximum Gasteiger partial charge on any atom is 0.257 e. The molecule has 2 aliphatic heterocycles. The number of ether oxygens (including phenoxy) is 3. The van der Waals surface area contributed by atoms with Crippen molar-refractivity contribution in [1.82, 2.24) is 4.90 Å². The Morgan fingerprint density at radius 1 is 1.06 bits per heavy atom. The highest BCUT2D eigenvalue weighted by Crippen LogP contribution is 2.32. The van der Waals surface area contributed by atoms with E-state index in [-0.39, 0.29) is 55.6 Å². The molecule has 3 atom stereocenters. The van der Waals surface area contributed by atoms with Crippen molar-refractivity contribution in [1.29, 1.82) is 0 Å². The van der Waals surface area contributed by atoms with Crippen LogP contribution in [0.3, 0.4) is 0 Å². The SMILES string of the molecule is COCC(=O)Nc1ccc2c(c1)C(=O)N(C)[C@H]1CC[C@@H](CC(=O)Nc3ccccc3)O[C@H]1CO2. The van der Waals surface area contributed by atoms with E-state index < -0.39 is 0 Å². The van der Waals surface area contributed by atoms with Crippen molar-refractivity contribution in [2.24, 2.45) is 0 Å². The Bertz CT molecular complexity index is 1040. The van der Waals surface area contributed by atoms with Gasteiger partial charge < -0.3 is 29.7 Å². The lowest BCUT2D eigenvalue weighted by Crippen LogP contribution is -2.53. The summed E-state index contributed by atoms with van der Waals surface area (Å²) in [5.74, 6) is -0.207. The van der Waals surface area contributed by atoms with Crippen molar-refractivity contribution < 1.29 is 28.6 Å². The summed E-state index contributed by atoms with van der Waals surface area (Å²) in [4.78, 5) is 39.2. The molecule has 4 rings (SSSR count). The average Bonchev–Trinajstić information content (AvgIpc) is 2.82. The van der Waals surface area contributed by atoms with Gasteiger partial charge in [0.25, 0.3) is 5.91 Å². The molecule has 0 radical (unpaired) electrons. The molecule has 0 aliphatic carbocycles. The van der Waals surface area contributed by atoms with Crippen molar-refractivity contribution in [3.8, 4) is 5.75 Å². The largest absolute Gasteiger partial charge is 0.490 e. The molecule has 2 aromatic rings. The molecule has 0 bridgehead atoms. The lowest BCUT2D eigenvalue weighted by molar-refractivity contribution is -0.130. The van der Waals surface area contributed by atoms with Gasteiger partial charge in [0.2, 0.25) is 11.8 Å². The van der Waals surface area contributed by atoms with Crippen molar-refractivity contribution in [3.05, 3.63) is 54.1 Å². The monoisotopic (exact) mass is 467 g/mol. The third kappa shape index (κ3) is 5.55. The van der Waals surface area contributed by atoms with Crippen LogP contribution >= 0.6 is 0 Å². The number of anilines is 2. The fourth-order valence-electron chi connectivity index (χ4n) is 4.37. The molecular weight excluding hydrogens is 438 g/mol. The Morgan fingerprint density at radius 2 is 1.82 bits per heavy atom. The highest BCUT2D eigenvalue weighted by molar-refractivity contribution is 6.00. The van der Waals surface area contributed by atoms with Crippen molar-refractivity contribution in [3.63, 3.8) is 0 Å². The Hall–Kier alpha value is -3.43. The summed E-state index contributed by atoms with van der Waals surface area (Å²) in [6.07, 6.45) is 0.970. The molecule has 34 heavy (non-hydrogen) atoms. The molecule has 1 fully saturated rings. The molecule has 2 heterocycles. The van der Waals surface area contributed by atoms with Gasteiger partial charge in [0, 0.05) is 25.5 Å². The second-order valence-corrected chi connectivity index (χ2v) is 8.48. The Labute approximate surface area is 198 Å². The number of fused-ring (bicyclic) bond motifs is 2. The molecule has 180 valence electrons. The van der Waals surface area contributed by atoms with Gasteiger partial charge in [0.05, 0.1) is 24.1 Å². The first-order valence-corrected chi connectivity index (χ1v) is 11.3. The molecule has 0 spiro atoms. The van der Waals surface area contributed by atoms with Crippen LogP contribution in [0.4, 0.5) is 11.4 Å². The van der Waals surface area contributed by atoms with Crippen LogP contribution in [-0.2, 0) is 19.1 Å². The van der Waals surface area contributed by atoms with E-state index in [0.717, 1.165) is 5.69 Å². The number of rotatable bonds is 6. The van der Waals surface area contributed by atoms with Gasteiger partial charge in [0.15, 0.2) is 0 Å². The predicted octanol–water partition coefficient (Wildman–Crippen LogP) is 2.68. The van der Waals surface area contributed by atoms with Gasteiger partial charge in [-0.3, -0.25) is 14.4 Å². The van der Waals surface area contributed by atoms with Crippen LogP contribution in [0.2, 0.25) is 0 Å². The van der Waals surface area contributed by atoms with Crippen molar-refractivity contribution in [2.75, 3.05) is 38.0 Å². The van der Waals surface area contributed by atoms with Crippen LogP contribution in [-0.4, -0.2) is 68.2 Å². The third-order valence-corrected chi connectivity index (χ3v) is 6.04. The molecule has 2 aromatic carbocycles. The van der Waals surface area contributed by atoms with Crippen LogP contribution in [0.1, 0.15) is 29.6 Å². The summed E-state index contributed by atoms with van der Waals surface area (Å²) in [6, 6.07) is 14.1. The molecule has 3 amide bonds. The molecule has 0 aromatic heterocycles. The van der Waals surface area contributed by atoms with E-state index in [1.54, 1.807) is 30.1 Å². The van der Waals surface area contributed by atoms with Crippen molar-refractivity contribution >= 4 is 29.1 Å². The lowest BCUT2D eigenvalue weighted by Gasteiger charge is -2.42. The van der Waals surface area contributed by atoms with Crippen molar-refractivity contribution in [2.45, 2.75) is 37.5 Å². The summed E-state index contributed by atoms with van der Waals surface area (Å²) < 4.78 is 17.0. The Balaban J connectivity index is 1.42. The standard InChI is InChI=1S/C25H29N3O6/c1-28-20-10-9-18(13-23(29)26-16-6-4-3-5-7-16)34-22(20)14-33-21-11-8-17(12-19(21)25(28)31)27-24(30)15-32-2/h3-8,11-12,18,20,22H,9-10,13-15H2,1-2H3,(H,26,29)(H,27,30)/t18-,20-,22-/m0/s1. The van der Waals surface area contributed by atoms with Gasteiger partial charge in [-0.2, -0.15) is 0 Å². The van der Waals surface area contributed by atoms with Crippen LogP contribution in [0.15, 0.2) is 48.5 Å². The highest BCUT2D eigenvalue weighted by atomic mass is 16.5. The Kier molecular flexibility index (Phi) is 7.44. The zero-order chi connectivity index (χ0) is 24.1. The number of hydrogen-bond donors (Lipinski definition) is 2. The summed E-state index contributed by atoms with van der Waals surface area (Å²) in [5.41, 5.74) is 1.61. The third-order valence-electron chi connectivity index (χ3n) is 6.04. The molecule has 0 unspecified atom stereocenters. The number of hydrogen-bond acceptors (Lipinski definition) is 6. The maximum absolute atomic E-state index is 13.3. The number of para-hydroxylation sites is 1. The predicted molar refractivity (Wildman–Crippen MR) is 126 cm³/mol. The van der Waals surface area contributed by atoms with E-state index in [9.17, 15) is 14.4 Å². The second kappa shape index (κ2) is 10.7. The summed E-state index contributed by atoms with van der Waals surface area (Å²) in [5, 5.41) is 5.60. The lowest BCUT2D eigenvalue weighted by atomic mass is 9.94. The topological polar surface area (TPSA) is 106 Å². The van der Waals surface area contributed by atoms with E-state index in [1.165, 1.54) is 7.11 Å². The van der Waals surface area contributed by atoms with E-state index in [0.29, 0.717) is 29.8 Å². The molecule has 0 saturated carbocycles. The van der Waals surface area contributed by atoms with Gasteiger partial charge in [-0.25, -0.2) is 0 Å². The zero-order valence-corrected chi connectivity index (χ0v) is 19.3. The van der Waals surface area contributed by atoms with Crippen LogP contribution < -0.4 is 15.4 Å². The summed E-state index contributed by atoms with van der Waals surface area (Å²) >= 11 is 0. The van der Waals surface area contributed by atoms with Gasteiger partial charge in [-0.15, -0.1) is 0 Å². The van der Waals surface area contributed by atoms with Gasteiger partial charge in [-0.05, 0) is 43.2 Å². The number of methoxy groups -OCH3 is 1. The maximum atomic E-state index is 13.3. The molecule has 1 saturated heterocycles. The van der Waals surface area contributed by atoms with Gasteiger partial charge in [0.1, 0.15) is 25.1 Å². The fraction of sp³-hybridized carbons (Fsp3) is 0.400. The number of likely N-dealkylation sites (N-methyl/N-ethyl adjacent to an activating group) is 1. The average molecular weight is 468 g/mol. The van der Waals surface area contributed by atoms with E-state index in [2.05, 4.69) is 10.6 Å². The minimum Gasteiger partial charge on any atom is -0.490 e. The minimum absolute atomic E-state index is 0.0763. The molecular formula is C25H29N3O6. The zero-order valence-electron chi connectivity index (χ0n) is 19.3. The Morgan fingerprint density at radius 3 is 2.59 bits per heavy atom. The number of carbonyl (C=O) groups excluding carboxylic acids is 3. The van der Waals surface area contributed by atoms with E-state index in [1.807, 2.05) is 30.3 Å². The molecule has 2 aliphatic rings. The summed E-state index contributed by atoms with van der Waals surface area (Å²) in [7, 11) is 3.19. The number of carbonyl (C=O) groups is 3. The van der Waals surface area contributed by atoms with Crippen LogP contribution in [0.5, 0.6) is 5.75 Å². The number of nitrogens with zero attached hydrogens (tertiary/aromatic N) is 1. The van der Waals surface area contributed by atoms with E-state index in [4.69, 9.17) is 14.2 Å². The van der Waals surface area contributed by atoms with Gasteiger partial charge in [-0.1, -0.05) is 18.2 Å². The van der Waals surface area contributed by atoms with E-state index >= 15 is 0 Å². The second-order valence-electron chi connectivity index (χ2n) is 8.48. The molecule has 9 nitrogen and oxygen atoms in total. The fourth-order valence-corrected chi connectivity index (χ4v) is 4.37. The first-order valence-electron chi connectivity index (χ1n) is 11.3.